The molecule has 1 aromatic heterocycles. The smallest absolute Gasteiger partial charge is 0.104 e. The Labute approximate surface area is 113 Å². The molecule has 0 bridgehead atoms. The van der Waals surface area contributed by atoms with Gasteiger partial charge in [-0.15, -0.1) is 11.3 Å². The van der Waals surface area contributed by atoms with Gasteiger partial charge in [0.2, 0.25) is 0 Å². The van der Waals surface area contributed by atoms with E-state index in [4.69, 9.17) is 11.6 Å². The van der Waals surface area contributed by atoms with Crippen molar-refractivity contribution in [2.45, 2.75) is 52.1 Å². The van der Waals surface area contributed by atoms with Gasteiger partial charge in [-0.05, 0) is 35.6 Å². The van der Waals surface area contributed by atoms with Gasteiger partial charge in [-0.3, -0.25) is 0 Å². The van der Waals surface area contributed by atoms with E-state index in [0.29, 0.717) is 5.92 Å². The SMILES string of the molecule is CC(C)(C)C1CCCCC1(O)c1sccc1Cl. The van der Waals surface area contributed by atoms with Crippen LogP contribution >= 0.6 is 22.9 Å². The highest BCUT2D eigenvalue weighted by Gasteiger charge is 2.47. The van der Waals surface area contributed by atoms with Crippen molar-refractivity contribution in [3.05, 3.63) is 21.3 Å². The lowest BCUT2D eigenvalue weighted by molar-refractivity contribution is -0.0932. The van der Waals surface area contributed by atoms with Gasteiger partial charge in [-0.1, -0.05) is 45.2 Å². The lowest BCUT2D eigenvalue weighted by Crippen LogP contribution is -2.44. The minimum Gasteiger partial charge on any atom is -0.384 e. The molecule has 2 atom stereocenters. The number of hydrogen-bond donors (Lipinski definition) is 1. The van der Waals surface area contributed by atoms with Crippen LogP contribution in [0.2, 0.25) is 5.02 Å². The number of thiophene rings is 1. The molecule has 0 aromatic carbocycles. The Hall–Kier alpha value is -0.0500. The van der Waals surface area contributed by atoms with Gasteiger partial charge in [0.25, 0.3) is 0 Å². The standard InChI is InChI=1S/C14H21ClOS/c1-13(2,3)11-6-4-5-8-14(11,16)12-10(15)7-9-17-12/h7,9,11,16H,4-6,8H2,1-3H3. The van der Waals surface area contributed by atoms with Crippen LogP contribution in [0.15, 0.2) is 11.4 Å². The van der Waals surface area contributed by atoms with Gasteiger partial charge in [-0.2, -0.15) is 0 Å². The van der Waals surface area contributed by atoms with Crippen LogP contribution in [0.4, 0.5) is 0 Å². The maximum Gasteiger partial charge on any atom is 0.104 e. The van der Waals surface area contributed by atoms with Crippen molar-refractivity contribution < 1.29 is 5.11 Å². The highest BCUT2D eigenvalue weighted by Crippen LogP contribution is 2.52. The third-order valence-corrected chi connectivity index (χ3v) is 5.44. The summed E-state index contributed by atoms with van der Waals surface area (Å²) in [6.45, 7) is 6.65. The Morgan fingerprint density at radius 1 is 1.41 bits per heavy atom. The van der Waals surface area contributed by atoms with E-state index < -0.39 is 5.60 Å². The van der Waals surface area contributed by atoms with Crippen LogP contribution in [0, 0.1) is 11.3 Å². The molecule has 1 N–H and O–H groups in total. The van der Waals surface area contributed by atoms with Crippen molar-refractivity contribution in [2.24, 2.45) is 11.3 Å². The normalized spacial score (nSPS) is 30.5. The molecule has 1 nitrogen and oxygen atoms in total. The molecule has 1 heterocycles. The molecule has 0 saturated heterocycles. The van der Waals surface area contributed by atoms with Crippen LogP contribution < -0.4 is 0 Å². The molecule has 1 aliphatic rings. The predicted molar refractivity (Wildman–Crippen MR) is 74.6 cm³/mol. The largest absolute Gasteiger partial charge is 0.384 e. The van der Waals surface area contributed by atoms with Crippen LogP contribution in [0.3, 0.4) is 0 Å². The summed E-state index contributed by atoms with van der Waals surface area (Å²) in [4.78, 5) is 0.971. The monoisotopic (exact) mass is 272 g/mol. The Morgan fingerprint density at radius 3 is 2.65 bits per heavy atom. The molecule has 0 amide bonds. The molecule has 0 aliphatic heterocycles. The van der Waals surface area contributed by atoms with E-state index in [1.54, 1.807) is 11.3 Å². The molecule has 1 aromatic rings. The molecular formula is C14H21ClOS. The molecule has 96 valence electrons. The number of halogens is 1. The fourth-order valence-corrected chi connectivity index (χ4v) is 4.58. The summed E-state index contributed by atoms with van der Waals surface area (Å²) in [7, 11) is 0. The lowest BCUT2D eigenvalue weighted by atomic mass is 9.63. The fraction of sp³-hybridized carbons (Fsp3) is 0.714. The minimum atomic E-state index is -0.720. The minimum absolute atomic E-state index is 0.114. The molecule has 0 spiro atoms. The first-order valence-electron chi connectivity index (χ1n) is 6.31. The summed E-state index contributed by atoms with van der Waals surface area (Å²) < 4.78 is 0. The van der Waals surface area contributed by atoms with E-state index in [-0.39, 0.29) is 5.41 Å². The van der Waals surface area contributed by atoms with Crippen molar-refractivity contribution in [3.8, 4) is 0 Å². The average molecular weight is 273 g/mol. The third-order valence-electron chi connectivity index (χ3n) is 3.93. The van der Waals surface area contributed by atoms with E-state index in [0.717, 1.165) is 29.2 Å². The maximum atomic E-state index is 11.1. The Bertz CT molecular complexity index is 393. The summed E-state index contributed by atoms with van der Waals surface area (Å²) in [5.74, 6) is 0.292. The van der Waals surface area contributed by atoms with Crippen LogP contribution in [-0.4, -0.2) is 5.11 Å². The second kappa shape index (κ2) is 4.56. The molecule has 1 saturated carbocycles. The quantitative estimate of drug-likeness (QED) is 0.777. The molecular weight excluding hydrogens is 252 g/mol. The molecule has 1 fully saturated rings. The number of hydrogen-bond acceptors (Lipinski definition) is 2. The van der Waals surface area contributed by atoms with E-state index in [1.807, 2.05) is 11.4 Å². The van der Waals surface area contributed by atoms with Gasteiger partial charge >= 0.3 is 0 Å². The molecule has 17 heavy (non-hydrogen) atoms. The second-order valence-electron chi connectivity index (χ2n) is 6.19. The van der Waals surface area contributed by atoms with Gasteiger partial charge in [0, 0.05) is 0 Å². The average Bonchev–Trinajstić information content (AvgIpc) is 2.64. The second-order valence-corrected chi connectivity index (χ2v) is 7.51. The topological polar surface area (TPSA) is 20.2 Å². The summed E-state index contributed by atoms with van der Waals surface area (Å²) in [6, 6.07) is 1.90. The molecule has 2 unspecified atom stereocenters. The first kappa shape index (κ1) is 13.4. The van der Waals surface area contributed by atoms with Crippen molar-refractivity contribution in [2.75, 3.05) is 0 Å². The van der Waals surface area contributed by atoms with Crippen LogP contribution in [0.25, 0.3) is 0 Å². The first-order valence-corrected chi connectivity index (χ1v) is 7.57. The van der Waals surface area contributed by atoms with E-state index in [1.165, 1.54) is 6.42 Å². The van der Waals surface area contributed by atoms with Crippen LogP contribution in [-0.2, 0) is 5.60 Å². The van der Waals surface area contributed by atoms with Crippen LogP contribution in [0.1, 0.15) is 51.3 Å². The predicted octanol–water partition coefficient (Wildman–Crippen LogP) is 4.83. The van der Waals surface area contributed by atoms with E-state index in [9.17, 15) is 5.11 Å². The zero-order valence-electron chi connectivity index (χ0n) is 10.8. The van der Waals surface area contributed by atoms with Crippen molar-refractivity contribution >= 4 is 22.9 Å². The highest BCUT2D eigenvalue weighted by molar-refractivity contribution is 7.10. The summed E-state index contributed by atoms with van der Waals surface area (Å²) in [6.07, 6.45) is 4.24. The molecule has 2 rings (SSSR count). The fourth-order valence-electron chi connectivity index (χ4n) is 3.18. The van der Waals surface area contributed by atoms with Gasteiger partial charge in [0.05, 0.1) is 9.90 Å². The van der Waals surface area contributed by atoms with Crippen LogP contribution in [0.5, 0.6) is 0 Å². The highest BCUT2D eigenvalue weighted by atomic mass is 35.5. The number of aliphatic hydroxyl groups is 1. The summed E-state index contributed by atoms with van der Waals surface area (Å²) >= 11 is 7.82. The zero-order valence-corrected chi connectivity index (χ0v) is 12.4. The van der Waals surface area contributed by atoms with Crippen molar-refractivity contribution in [1.29, 1.82) is 0 Å². The van der Waals surface area contributed by atoms with Crippen molar-refractivity contribution in [3.63, 3.8) is 0 Å². The van der Waals surface area contributed by atoms with Gasteiger partial charge < -0.3 is 5.11 Å². The Kier molecular flexibility index (Phi) is 3.59. The summed E-state index contributed by atoms with van der Waals surface area (Å²) in [5.41, 5.74) is -0.607. The van der Waals surface area contributed by atoms with Gasteiger partial charge in [0.1, 0.15) is 5.60 Å². The lowest BCUT2D eigenvalue weighted by Gasteiger charge is -2.46. The number of rotatable bonds is 1. The van der Waals surface area contributed by atoms with Gasteiger partial charge in [-0.25, -0.2) is 0 Å². The molecule has 3 heteroatoms. The van der Waals surface area contributed by atoms with Crippen molar-refractivity contribution in [1.82, 2.24) is 0 Å². The van der Waals surface area contributed by atoms with E-state index >= 15 is 0 Å². The molecule has 0 radical (unpaired) electrons. The Morgan fingerprint density at radius 2 is 2.12 bits per heavy atom. The first-order chi connectivity index (χ1) is 7.86. The Balaban J connectivity index is 2.42. The molecule has 1 aliphatic carbocycles. The maximum absolute atomic E-state index is 11.1. The van der Waals surface area contributed by atoms with Gasteiger partial charge in [0.15, 0.2) is 0 Å². The third kappa shape index (κ3) is 2.40. The summed E-state index contributed by atoms with van der Waals surface area (Å²) in [5, 5.41) is 13.8. The van der Waals surface area contributed by atoms with E-state index in [2.05, 4.69) is 20.8 Å². The zero-order chi connectivity index (χ0) is 12.7.